The molecule has 136 valence electrons. The van der Waals surface area contributed by atoms with Gasteiger partial charge in [0.2, 0.25) is 0 Å². The Morgan fingerprint density at radius 3 is 2.60 bits per heavy atom. The predicted molar refractivity (Wildman–Crippen MR) is 91.4 cm³/mol. The first-order valence-electron chi connectivity index (χ1n) is 8.28. The maximum Gasteiger partial charge on any atom is 0.417 e. The summed E-state index contributed by atoms with van der Waals surface area (Å²) in [6.07, 6.45) is 0.962. The van der Waals surface area contributed by atoms with E-state index < -0.39 is 11.7 Å². The summed E-state index contributed by atoms with van der Waals surface area (Å²) in [5, 5.41) is 0. The zero-order chi connectivity index (χ0) is 18.4. The van der Waals surface area contributed by atoms with E-state index in [1.54, 1.807) is 24.3 Å². The van der Waals surface area contributed by atoms with E-state index in [2.05, 4.69) is 0 Å². The molecule has 0 aromatic heterocycles. The highest BCUT2D eigenvalue weighted by atomic mass is 19.4. The molecule has 1 fully saturated rings. The van der Waals surface area contributed by atoms with Crippen molar-refractivity contribution in [2.24, 2.45) is 5.73 Å². The molecular formula is C19H22F3NO2. The summed E-state index contributed by atoms with van der Waals surface area (Å²) in [6.45, 7) is 4.52. The molecule has 1 atom stereocenters. The van der Waals surface area contributed by atoms with Crippen LogP contribution in [-0.4, -0.2) is 19.3 Å². The SMILES string of the molecule is CC.NC[C@H]1COC2=CCC=CC(c3ccccc3C(F)(F)F)=C2O1. The summed E-state index contributed by atoms with van der Waals surface area (Å²) in [7, 11) is 0. The fraction of sp³-hybridized carbons (Fsp3) is 0.368. The second kappa shape index (κ2) is 8.25. The third-order valence-corrected chi connectivity index (χ3v) is 3.69. The number of benzene rings is 1. The first kappa shape index (κ1) is 19.1. The van der Waals surface area contributed by atoms with Crippen LogP contribution in [0.4, 0.5) is 13.2 Å². The molecule has 2 aliphatic rings. The molecule has 2 N–H and O–H groups in total. The number of fused-ring (bicyclic) bond motifs is 1. The highest BCUT2D eigenvalue weighted by Gasteiger charge is 2.35. The molecule has 0 saturated carbocycles. The molecule has 0 radical (unpaired) electrons. The van der Waals surface area contributed by atoms with Crippen molar-refractivity contribution in [2.75, 3.05) is 13.2 Å². The van der Waals surface area contributed by atoms with E-state index in [0.717, 1.165) is 6.07 Å². The third kappa shape index (κ3) is 4.25. The average Bonchev–Trinajstić information content (AvgIpc) is 2.84. The van der Waals surface area contributed by atoms with Gasteiger partial charge in [-0.25, -0.2) is 0 Å². The van der Waals surface area contributed by atoms with Gasteiger partial charge in [0, 0.05) is 12.1 Å². The number of hydrogen-bond donors (Lipinski definition) is 1. The van der Waals surface area contributed by atoms with Gasteiger partial charge in [-0.15, -0.1) is 0 Å². The molecule has 0 spiro atoms. The van der Waals surface area contributed by atoms with Crippen molar-refractivity contribution >= 4 is 5.57 Å². The Balaban J connectivity index is 0.00000109. The van der Waals surface area contributed by atoms with Crippen LogP contribution in [0.1, 0.15) is 31.4 Å². The average molecular weight is 353 g/mol. The standard InChI is InChI=1S/C17H16F3NO2.C2H6/c18-17(19,20)14-7-3-1-5-12(14)13-6-2-4-8-15-16(13)23-11(9-21)10-22-15;1-2/h1-3,5-8,11H,4,9-10,21H2;1-2H3/t11-;/m0./s1. The first-order valence-corrected chi connectivity index (χ1v) is 8.28. The van der Waals surface area contributed by atoms with Crippen molar-refractivity contribution in [3.8, 4) is 0 Å². The number of alkyl halides is 3. The Labute approximate surface area is 145 Å². The van der Waals surface area contributed by atoms with Gasteiger partial charge in [0.15, 0.2) is 11.5 Å². The summed E-state index contributed by atoms with van der Waals surface area (Å²) in [5.74, 6) is 0.781. The maximum absolute atomic E-state index is 13.3. The lowest BCUT2D eigenvalue weighted by Crippen LogP contribution is -2.33. The maximum atomic E-state index is 13.3. The molecule has 25 heavy (non-hydrogen) atoms. The topological polar surface area (TPSA) is 44.5 Å². The predicted octanol–water partition coefficient (Wildman–Crippen LogP) is 4.66. The van der Waals surface area contributed by atoms with Gasteiger partial charge < -0.3 is 15.2 Å². The van der Waals surface area contributed by atoms with Gasteiger partial charge >= 0.3 is 6.18 Å². The van der Waals surface area contributed by atoms with Crippen LogP contribution in [0.15, 0.2) is 54.0 Å². The Morgan fingerprint density at radius 2 is 1.92 bits per heavy atom. The van der Waals surface area contributed by atoms with Crippen LogP contribution in [0.2, 0.25) is 0 Å². The lowest BCUT2D eigenvalue weighted by molar-refractivity contribution is -0.137. The molecular weight excluding hydrogens is 331 g/mol. The van der Waals surface area contributed by atoms with E-state index in [1.165, 1.54) is 12.1 Å². The molecule has 1 aromatic rings. The first-order chi connectivity index (χ1) is 12.0. The molecule has 6 heteroatoms. The van der Waals surface area contributed by atoms with Crippen molar-refractivity contribution in [3.05, 3.63) is 65.1 Å². The molecule has 1 saturated heterocycles. The summed E-state index contributed by atoms with van der Waals surface area (Å²) >= 11 is 0. The monoisotopic (exact) mass is 353 g/mol. The van der Waals surface area contributed by atoms with E-state index >= 15 is 0 Å². The summed E-state index contributed by atoms with van der Waals surface area (Å²) in [4.78, 5) is 0. The summed E-state index contributed by atoms with van der Waals surface area (Å²) < 4.78 is 51.4. The lowest BCUT2D eigenvalue weighted by Gasteiger charge is -2.29. The number of halogens is 3. The fourth-order valence-corrected chi connectivity index (χ4v) is 2.58. The largest absolute Gasteiger partial charge is 0.486 e. The van der Waals surface area contributed by atoms with Crippen molar-refractivity contribution in [2.45, 2.75) is 32.5 Å². The van der Waals surface area contributed by atoms with Crippen molar-refractivity contribution in [1.29, 1.82) is 0 Å². The zero-order valence-electron chi connectivity index (χ0n) is 14.3. The number of ether oxygens (including phenoxy) is 2. The zero-order valence-corrected chi connectivity index (χ0v) is 14.3. The normalized spacial score (nSPS) is 19.6. The molecule has 1 aromatic carbocycles. The molecule has 0 bridgehead atoms. The number of rotatable bonds is 2. The second-order valence-electron chi connectivity index (χ2n) is 5.28. The molecule has 1 aliphatic carbocycles. The van der Waals surface area contributed by atoms with Crippen molar-refractivity contribution in [3.63, 3.8) is 0 Å². The molecule has 3 nitrogen and oxygen atoms in total. The Bertz CT molecular complexity index is 690. The van der Waals surface area contributed by atoms with Crippen molar-refractivity contribution in [1.82, 2.24) is 0 Å². The van der Waals surface area contributed by atoms with Crippen LogP contribution in [0.5, 0.6) is 0 Å². The van der Waals surface area contributed by atoms with Crippen LogP contribution in [-0.2, 0) is 15.7 Å². The molecule has 0 unspecified atom stereocenters. The fourth-order valence-electron chi connectivity index (χ4n) is 2.58. The van der Waals surface area contributed by atoms with Gasteiger partial charge in [-0.2, -0.15) is 13.2 Å². The molecule has 0 amide bonds. The van der Waals surface area contributed by atoms with Gasteiger partial charge in [0.05, 0.1) is 5.56 Å². The second-order valence-corrected chi connectivity index (χ2v) is 5.28. The minimum absolute atomic E-state index is 0.0697. The van der Waals surface area contributed by atoms with E-state index in [4.69, 9.17) is 15.2 Å². The summed E-state index contributed by atoms with van der Waals surface area (Å²) in [6, 6.07) is 5.45. The van der Waals surface area contributed by atoms with E-state index in [1.807, 2.05) is 13.8 Å². The van der Waals surface area contributed by atoms with E-state index in [-0.39, 0.29) is 18.2 Å². The van der Waals surface area contributed by atoms with Crippen LogP contribution in [0.25, 0.3) is 5.57 Å². The number of nitrogens with two attached hydrogens (primary N) is 1. The lowest BCUT2D eigenvalue weighted by atomic mass is 9.97. The third-order valence-electron chi connectivity index (χ3n) is 3.69. The highest BCUT2D eigenvalue weighted by Crippen LogP contribution is 2.39. The van der Waals surface area contributed by atoms with Crippen LogP contribution >= 0.6 is 0 Å². The molecule has 1 aliphatic heterocycles. The minimum atomic E-state index is -4.45. The minimum Gasteiger partial charge on any atom is -0.486 e. The number of allylic oxidation sites excluding steroid dienone is 4. The van der Waals surface area contributed by atoms with Gasteiger partial charge in [-0.3, -0.25) is 0 Å². The quantitative estimate of drug-likeness (QED) is 0.841. The van der Waals surface area contributed by atoms with Crippen molar-refractivity contribution < 1.29 is 22.6 Å². The smallest absolute Gasteiger partial charge is 0.417 e. The van der Waals surface area contributed by atoms with Crippen LogP contribution in [0.3, 0.4) is 0 Å². The van der Waals surface area contributed by atoms with Gasteiger partial charge in [0.1, 0.15) is 12.7 Å². The van der Waals surface area contributed by atoms with E-state index in [0.29, 0.717) is 30.1 Å². The van der Waals surface area contributed by atoms with E-state index in [9.17, 15) is 13.2 Å². The summed E-state index contributed by atoms with van der Waals surface area (Å²) in [5.41, 5.74) is 5.33. The Hall–Kier alpha value is -2.21. The molecule has 3 rings (SSSR count). The molecule has 1 heterocycles. The Morgan fingerprint density at radius 1 is 1.20 bits per heavy atom. The highest BCUT2D eigenvalue weighted by molar-refractivity contribution is 5.80. The van der Waals surface area contributed by atoms with Gasteiger partial charge in [-0.05, 0) is 24.1 Å². The van der Waals surface area contributed by atoms with Gasteiger partial charge in [0.25, 0.3) is 0 Å². The van der Waals surface area contributed by atoms with Gasteiger partial charge in [-0.1, -0.05) is 44.2 Å². The Kier molecular flexibility index (Phi) is 6.31. The van der Waals surface area contributed by atoms with Crippen LogP contribution in [0, 0.1) is 0 Å². The van der Waals surface area contributed by atoms with Crippen LogP contribution < -0.4 is 5.73 Å². The number of hydrogen-bond acceptors (Lipinski definition) is 3.